The number of rotatable bonds is 4. The van der Waals surface area contributed by atoms with Crippen molar-refractivity contribution in [1.29, 1.82) is 5.26 Å². The maximum Gasteiger partial charge on any atom is 0.231 e. The summed E-state index contributed by atoms with van der Waals surface area (Å²) in [4.78, 5) is 11.3. The Bertz CT molecular complexity index is 465. The zero-order valence-electron chi connectivity index (χ0n) is 9.23. The van der Waals surface area contributed by atoms with Gasteiger partial charge in [-0.25, -0.2) is 0 Å². The van der Waals surface area contributed by atoms with Crippen LogP contribution in [0.5, 0.6) is 11.5 Å². The van der Waals surface area contributed by atoms with Gasteiger partial charge in [-0.3, -0.25) is 4.79 Å². The van der Waals surface area contributed by atoms with Gasteiger partial charge in [-0.1, -0.05) is 6.07 Å². The van der Waals surface area contributed by atoms with Crippen molar-refractivity contribution in [2.45, 2.75) is 12.8 Å². The first-order chi connectivity index (χ1) is 8.29. The molecule has 88 valence electrons. The lowest BCUT2D eigenvalue weighted by Crippen LogP contribution is -2.23. The number of ether oxygens (including phenoxy) is 2. The highest BCUT2D eigenvalue weighted by Crippen LogP contribution is 2.32. The smallest absolute Gasteiger partial charge is 0.231 e. The predicted molar refractivity (Wildman–Crippen MR) is 59.5 cm³/mol. The zero-order valence-corrected chi connectivity index (χ0v) is 9.23. The van der Waals surface area contributed by atoms with E-state index in [1.807, 2.05) is 24.3 Å². The minimum Gasteiger partial charge on any atom is -0.454 e. The monoisotopic (exact) mass is 232 g/mol. The molecule has 1 amide bonds. The van der Waals surface area contributed by atoms with Gasteiger partial charge in [-0.05, 0) is 24.1 Å². The summed E-state index contributed by atoms with van der Waals surface area (Å²) in [6, 6.07) is 7.48. The third kappa shape index (κ3) is 2.88. The molecule has 0 radical (unpaired) electrons. The first-order valence-corrected chi connectivity index (χ1v) is 5.32. The molecule has 0 atom stereocenters. The number of fused-ring (bicyclic) bond motifs is 1. The second-order valence-electron chi connectivity index (χ2n) is 3.62. The van der Waals surface area contributed by atoms with Crippen molar-refractivity contribution in [1.82, 2.24) is 5.32 Å². The number of amides is 1. The van der Waals surface area contributed by atoms with Crippen LogP contribution >= 0.6 is 0 Å². The van der Waals surface area contributed by atoms with E-state index >= 15 is 0 Å². The van der Waals surface area contributed by atoms with E-state index in [4.69, 9.17) is 14.7 Å². The van der Waals surface area contributed by atoms with Crippen molar-refractivity contribution in [3.63, 3.8) is 0 Å². The second kappa shape index (κ2) is 5.21. The largest absolute Gasteiger partial charge is 0.454 e. The van der Waals surface area contributed by atoms with Crippen molar-refractivity contribution < 1.29 is 14.3 Å². The second-order valence-corrected chi connectivity index (χ2v) is 3.62. The summed E-state index contributed by atoms with van der Waals surface area (Å²) >= 11 is 0. The Balaban J connectivity index is 1.87. The molecule has 0 fully saturated rings. The number of nitriles is 1. The summed E-state index contributed by atoms with van der Waals surface area (Å²) in [6.07, 6.45) is 0.981. The molecule has 5 heteroatoms. The van der Waals surface area contributed by atoms with Gasteiger partial charge in [0.1, 0.15) is 6.54 Å². The van der Waals surface area contributed by atoms with Crippen LogP contribution in [-0.4, -0.2) is 19.2 Å². The van der Waals surface area contributed by atoms with Crippen LogP contribution in [0.15, 0.2) is 18.2 Å². The molecule has 1 aromatic carbocycles. The molecule has 5 nitrogen and oxygen atoms in total. The molecule has 0 saturated heterocycles. The standard InChI is InChI=1S/C12H12N2O3/c13-5-6-14-12(15)4-2-9-1-3-10-11(7-9)17-8-16-10/h1,3,7H,2,4,6,8H2,(H,14,15). The Morgan fingerprint density at radius 3 is 3.06 bits per heavy atom. The molecule has 0 saturated carbocycles. The number of aryl methyl sites for hydroxylation is 1. The van der Waals surface area contributed by atoms with E-state index in [1.54, 1.807) is 0 Å². The van der Waals surface area contributed by atoms with Gasteiger partial charge < -0.3 is 14.8 Å². The fourth-order valence-electron chi connectivity index (χ4n) is 1.58. The van der Waals surface area contributed by atoms with Crippen molar-refractivity contribution in [2.75, 3.05) is 13.3 Å². The number of carbonyl (C=O) groups excluding carboxylic acids is 1. The van der Waals surface area contributed by atoms with Crippen LogP contribution < -0.4 is 14.8 Å². The van der Waals surface area contributed by atoms with Gasteiger partial charge in [0.25, 0.3) is 0 Å². The lowest BCUT2D eigenvalue weighted by Gasteiger charge is -2.03. The average Bonchev–Trinajstić information content (AvgIpc) is 2.81. The Morgan fingerprint density at radius 1 is 1.41 bits per heavy atom. The van der Waals surface area contributed by atoms with Crippen LogP contribution in [0.1, 0.15) is 12.0 Å². The lowest BCUT2D eigenvalue weighted by atomic mass is 10.1. The Kier molecular flexibility index (Phi) is 3.46. The van der Waals surface area contributed by atoms with E-state index in [0.717, 1.165) is 17.1 Å². The van der Waals surface area contributed by atoms with E-state index in [-0.39, 0.29) is 19.2 Å². The molecular weight excluding hydrogens is 220 g/mol. The van der Waals surface area contributed by atoms with Gasteiger partial charge in [-0.15, -0.1) is 0 Å². The Morgan fingerprint density at radius 2 is 2.24 bits per heavy atom. The number of hydrogen-bond donors (Lipinski definition) is 1. The Hall–Kier alpha value is -2.22. The topological polar surface area (TPSA) is 71.4 Å². The molecule has 2 rings (SSSR count). The van der Waals surface area contributed by atoms with Crippen LogP contribution in [0, 0.1) is 11.3 Å². The van der Waals surface area contributed by atoms with Crippen LogP contribution in [0.2, 0.25) is 0 Å². The Labute approximate surface area is 98.9 Å². The van der Waals surface area contributed by atoms with Gasteiger partial charge in [0.2, 0.25) is 12.7 Å². The summed E-state index contributed by atoms with van der Waals surface area (Å²) in [5, 5.41) is 10.8. The summed E-state index contributed by atoms with van der Waals surface area (Å²) < 4.78 is 10.4. The minimum atomic E-state index is -0.121. The molecular formula is C12H12N2O3. The molecule has 0 aromatic heterocycles. The van der Waals surface area contributed by atoms with E-state index in [0.29, 0.717) is 12.8 Å². The molecule has 1 N–H and O–H groups in total. The molecule has 1 aliphatic rings. The zero-order chi connectivity index (χ0) is 12.1. The molecule has 1 aliphatic heterocycles. The fourth-order valence-corrected chi connectivity index (χ4v) is 1.58. The molecule has 0 unspecified atom stereocenters. The lowest BCUT2D eigenvalue weighted by molar-refractivity contribution is -0.120. The van der Waals surface area contributed by atoms with Crippen molar-refractivity contribution in [3.05, 3.63) is 23.8 Å². The molecule has 1 heterocycles. The summed E-state index contributed by atoms with van der Waals surface area (Å²) in [6.45, 7) is 0.307. The van der Waals surface area contributed by atoms with Crippen LogP contribution in [0.25, 0.3) is 0 Å². The maximum atomic E-state index is 11.3. The highest BCUT2D eigenvalue weighted by Gasteiger charge is 2.13. The van der Waals surface area contributed by atoms with Gasteiger partial charge in [-0.2, -0.15) is 5.26 Å². The highest BCUT2D eigenvalue weighted by molar-refractivity contribution is 5.76. The van der Waals surface area contributed by atoms with Crippen LogP contribution in [-0.2, 0) is 11.2 Å². The van der Waals surface area contributed by atoms with Crippen molar-refractivity contribution in [2.24, 2.45) is 0 Å². The summed E-state index contributed by atoms with van der Waals surface area (Å²) in [5.41, 5.74) is 1.02. The van der Waals surface area contributed by atoms with Gasteiger partial charge in [0.15, 0.2) is 11.5 Å². The van der Waals surface area contributed by atoms with E-state index in [9.17, 15) is 4.79 Å². The number of hydrogen-bond acceptors (Lipinski definition) is 4. The minimum absolute atomic E-state index is 0.0555. The predicted octanol–water partition coefficient (Wildman–Crippen LogP) is 0.988. The SMILES string of the molecule is N#CCNC(=O)CCc1ccc2c(c1)OCO2. The van der Waals surface area contributed by atoms with Crippen molar-refractivity contribution >= 4 is 5.91 Å². The molecule has 0 bridgehead atoms. The molecule has 1 aromatic rings. The normalized spacial score (nSPS) is 11.9. The number of nitrogens with zero attached hydrogens (tertiary/aromatic N) is 1. The van der Waals surface area contributed by atoms with Gasteiger partial charge in [0.05, 0.1) is 6.07 Å². The summed E-state index contributed by atoms with van der Waals surface area (Å²) in [7, 11) is 0. The third-order valence-corrected chi connectivity index (χ3v) is 2.44. The third-order valence-electron chi connectivity index (χ3n) is 2.44. The fraction of sp³-hybridized carbons (Fsp3) is 0.333. The van der Waals surface area contributed by atoms with E-state index in [2.05, 4.69) is 5.32 Å². The first-order valence-electron chi connectivity index (χ1n) is 5.32. The summed E-state index contributed by atoms with van der Waals surface area (Å²) in [5.74, 6) is 1.34. The van der Waals surface area contributed by atoms with Crippen LogP contribution in [0.3, 0.4) is 0 Å². The maximum absolute atomic E-state index is 11.3. The van der Waals surface area contributed by atoms with Crippen LogP contribution in [0.4, 0.5) is 0 Å². The van der Waals surface area contributed by atoms with Gasteiger partial charge >= 0.3 is 0 Å². The number of carbonyl (C=O) groups is 1. The van der Waals surface area contributed by atoms with E-state index < -0.39 is 0 Å². The van der Waals surface area contributed by atoms with Crippen molar-refractivity contribution in [3.8, 4) is 17.6 Å². The quantitative estimate of drug-likeness (QED) is 0.786. The first kappa shape index (κ1) is 11.3. The highest BCUT2D eigenvalue weighted by atomic mass is 16.7. The van der Waals surface area contributed by atoms with E-state index in [1.165, 1.54) is 0 Å². The molecule has 17 heavy (non-hydrogen) atoms. The average molecular weight is 232 g/mol. The van der Waals surface area contributed by atoms with Gasteiger partial charge in [0, 0.05) is 6.42 Å². The number of nitrogens with one attached hydrogen (secondary N) is 1. The molecule has 0 spiro atoms. The number of benzene rings is 1. The molecule has 0 aliphatic carbocycles.